The van der Waals surface area contributed by atoms with E-state index in [2.05, 4.69) is 4.31 Å². The molecule has 0 aromatic carbocycles. The minimum absolute atomic E-state index is 0.00410. The quantitative estimate of drug-likeness (QED) is 0.501. The van der Waals surface area contributed by atoms with Crippen LogP contribution in [0.1, 0.15) is 13.8 Å². The van der Waals surface area contributed by atoms with Crippen molar-refractivity contribution >= 4 is 15.9 Å². The normalized spacial score (nSPS) is 13.6. The number of hydrogen-bond acceptors (Lipinski definition) is 5. The van der Waals surface area contributed by atoms with E-state index >= 15 is 0 Å². The Balaban J connectivity index is 4.02. The van der Waals surface area contributed by atoms with Gasteiger partial charge in [0, 0.05) is 4.31 Å². The van der Waals surface area contributed by atoms with Gasteiger partial charge in [-0.3, -0.25) is 0 Å². The van der Waals surface area contributed by atoms with Crippen LogP contribution in [0.15, 0.2) is 0 Å². The van der Waals surface area contributed by atoms with E-state index in [-0.39, 0.29) is 12.3 Å². The maximum Gasteiger partial charge on any atom is 0.460 e. The molecule has 5 nitrogen and oxygen atoms in total. The zero-order chi connectivity index (χ0) is 9.12. The van der Waals surface area contributed by atoms with E-state index in [1.54, 1.807) is 0 Å². The molecular weight excluding hydrogens is 190 g/mol. The van der Waals surface area contributed by atoms with E-state index in [0.717, 1.165) is 0 Å². The Bertz CT molecular complexity index is 112. The molecule has 7 heteroatoms. The third kappa shape index (κ3) is 4.99. The van der Waals surface area contributed by atoms with Crippen molar-refractivity contribution < 1.29 is 23.9 Å². The summed E-state index contributed by atoms with van der Waals surface area (Å²) in [6.45, 7) is 3.01. The molecule has 0 aliphatic heterocycles. The van der Waals surface area contributed by atoms with E-state index in [1.807, 2.05) is 0 Å². The van der Waals surface area contributed by atoms with Crippen LogP contribution in [-0.4, -0.2) is 31.9 Å². The van der Waals surface area contributed by atoms with Crippen LogP contribution in [0.4, 0.5) is 0 Å². The Morgan fingerprint density at radius 3 is 1.36 bits per heavy atom. The Hall–Kier alpha value is 0.660. The first-order valence-electron chi connectivity index (χ1n) is 3.21. The summed E-state index contributed by atoms with van der Waals surface area (Å²) < 4.78 is 4.37. The summed E-state index contributed by atoms with van der Waals surface area (Å²) in [5, 5.41) is 0. The molecule has 68 valence electrons. The van der Waals surface area contributed by atoms with E-state index < -0.39 is 15.9 Å². The molecule has 0 unspecified atom stereocenters. The summed E-state index contributed by atoms with van der Waals surface area (Å²) in [6.07, 6.45) is -0.00819. The number of hydrogen-bond donors (Lipinski definition) is 4. The summed E-state index contributed by atoms with van der Waals surface area (Å²) in [6, 6.07) is 0. The first-order chi connectivity index (χ1) is 4.83. The SMILES string of the molecule is CC[P+](O)(O)O[P+](O)(O)CC. The van der Waals surface area contributed by atoms with Crippen LogP contribution in [0.25, 0.3) is 0 Å². The van der Waals surface area contributed by atoms with Crippen LogP contribution < -0.4 is 0 Å². The average Bonchev–Trinajstić information content (AvgIpc) is 1.86. The van der Waals surface area contributed by atoms with Gasteiger partial charge in [-0.1, -0.05) is 0 Å². The van der Waals surface area contributed by atoms with Crippen LogP contribution in [-0.2, 0) is 4.31 Å². The maximum atomic E-state index is 8.94. The number of rotatable bonds is 4. The standard InChI is InChI=1S/C4H14O5P2/c1-3-10(5,6)9-11(7,8)4-2/h5-8H,3-4H2,1-2H3/q+2. The van der Waals surface area contributed by atoms with Crippen molar-refractivity contribution in [3.05, 3.63) is 0 Å². The van der Waals surface area contributed by atoms with Gasteiger partial charge in [0.2, 0.25) is 0 Å². The Morgan fingerprint density at radius 1 is 0.909 bits per heavy atom. The first kappa shape index (κ1) is 11.7. The Kier molecular flexibility index (Phi) is 4.30. The molecule has 0 atom stereocenters. The van der Waals surface area contributed by atoms with Gasteiger partial charge in [-0.2, -0.15) is 19.6 Å². The zero-order valence-corrected chi connectivity index (χ0v) is 8.29. The molecule has 4 N–H and O–H groups in total. The Morgan fingerprint density at radius 2 is 1.18 bits per heavy atom. The molecule has 0 aliphatic rings. The molecule has 0 saturated heterocycles. The lowest BCUT2D eigenvalue weighted by Gasteiger charge is -2.10. The summed E-state index contributed by atoms with van der Waals surface area (Å²) in [5.41, 5.74) is 0. The molecule has 11 heavy (non-hydrogen) atoms. The molecule has 0 spiro atoms. The molecule has 0 heterocycles. The second-order valence-corrected chi connectivity index (χ2v) is 6.62. The zero-order valence-electron chi connectivity index (χ0n) is 6.51. The minimum Gasteiger partial charge on any atom is -0.189 e. The highest BCUT2D eigenvalue weighted by Gasteiger charge is 2.52. The van der Waals surface area contributed by atoms with E-state index in [9.17, 15) is 0 Å². The highest BCUT2D eigenvalue weighted by molar-refractivity contribution is 7.72. The van der Waals surface area contributed by atoms with Gasteiger partial charge in [0.15, 0.2) is 0 Å². The third-order valence-corrected chi connectivity index (χ3v) is 4.83. The second kappa shape index (κ2) is 4.06. The fourth-order valence-electron chi connectivity index (χ4n) is 0.325. The summed E-state index contributed by atoms with van der Waals surface area (Å²) in [7, 11) is -7.02. The highest BCUT2D eigenvalue weighted by Crippen LogP contribution is 2.68. The lowest BCUT2D eigenvalue weighted by Crippen LogP contribution is -2.03. The second-order valence-electron chi connectivity index (χ2n) is 2.04. The van der Waals surface area contributed by atoms with Crippen LogP contribution in [0.2, 0.25) is 0 Å². The van der Waals surface area contributed by atoms with Crippen molar-refractivity contribution in [3.63, 3.8) is 0 Å². The molecule has 0 saturated carbocycles. The summed E-state index contributed by atoms with van der Waals surface area (Å²) in [5.74, 6) is 0. The molecule has 0 aromatic rings. The topological polar surface area (TPSA) is 90.2 Å². The van der Waals surface area contributed by atoms with E-state index in [0.29, 0.717) is 0 Å². The summed E-state index contributed by atoms with van der Waals surface area (Å²) in [4.78, 5) is 35.8. The molecule has 0 rings (SSSR count). The van der Waals surface area contributed by atoms with Gasteiger partial charge in [-0.05, 0) is 13.8 Å². The van der Waals surface area contributed by atoms with Gasteiger partial charge in [0.05, 0.1) is 0 Å². The van der Waals surface area contributed by atoms with Gasteiger partial charge in [0.25, 0.3) is 0 Å². The molecule has 0 amide bonds. The highest BCUT2D eigenvalue weighted by atomic mass is 31.3. The van der Waals surface area contributed by atoms with E-state index in [4.69, 9.17) is 19.6 Å². The monoisotopic (exact) mass is 204 g/mol. The molecular formula is C4H14O5P2+2. The van der Waals surface area contributed by atoms with Crippen molar-refractivity contribution in [2.75, 3.05) is 12.3 Å². The van der Waals surface area contributed by atoms with Crippen molar-refractivity contribution in [1.29, 1.82) is 0 Å². The molecule has 0 fully saturated rings. The van der Waals surface area contributed by atoms with Crippen LogP contribution in [0, 0.1) is 0 Å². The van der Waals surface area contributed by atoms with Crippen molar-refractivity contribution in [2.45, 2.75) is 13.8 Å². The van der Waals surface area contributed by atoms with Gasteiger partial charge >= 0.3 is 15.9 Å². The predicted molar refractivity (Wildman–Crippen MR) is 44.9 cm³/mol. The Labute approximate surface area is 66.8 Å². The minimum atomic E-state index is -3.51. The third-order valence-electron chi connectivity index (χ3n) is 1.09. The molecule has 0 aromatic heterocycles. The van der Waals surface area contributed by atoms with Crippen LogP contribution in [0.3, 0.4) is 0 Å². The van der Waals surface area contributed by atoms with Gasteiger partial charge in [0.1, 0.15) is 12.3 Å². The lowest BCUT2D eigenvalue weighted by molar-refractivity contribution is 0.282. The molecule has 0 aliphatic carbocycles. The fourth-order valence-corrected chi connectivity index (χ4v) is 2.92. The fraction of sp³-hybridized carbons (Fsp3) is 1.00. The average molecular weight is 204 g/mol. The smallest absolute Gasteiger partial charge is 0.189 e. The van der Waals surface area contributed by atoms with Crippen molar-refractivity contribution in [3.8, 4) is 0 Å². The van der Waals surface area contributed by atoms with Crippen LogP contribution >= 0.6 is 15.9 Å². The van der Waals surface area contributed by atoms with Gasteiger partial charge in [-0.15, -0.1) is 0 Å². The van der Waals surface area contributed by atoms with Gasteiger partial charge in [-0.25, -0.2) is 0 Å². The molecule has 0 bridgehead atoms. The van der Waals surface area contributed by atoms with Crippen molar-refractivity contribution in [2.24, 2.45) is 0 Å². The predicted octanol–water partition coefficient (Wildman–Crippen LogP) is 0.537. The van der Waals surface area contributed by atoms with E-state index in [1.165, 1.54) is 13.8 Å². The maximum absolute atomic E-state index is 8.94. The lowest BCUT2D eigenvalue weighted by atomic mass is 11.0. The largest absolute Gasteiger partial charge is 0.460 e. The first-order valence-corrected chi connectivity index (χ1v) is 6.81. The van der Waals surface area contributed by atoms with Gasteiger partial charge < -0.3 is 0 Å². The van der Waals surface area contributed by atoms with Crippen LogP contribution in [0.5, 0.6) is 0 Å². The summed E-state index contributed by atoms with van der Waals surface area (Å²) >= 11 is 0. The van der Waals surface area contributed by atoms with Crippen molar-refractivity contribution in [1.82, 2.24) is 0 Å². The molecule has 0 radical (unpaired) electrons.